The largest absolute Gasteiger partial charge is 0.481 e. The first-order chi connectivity index (χ1) is 13.9. The van der Waals surface area contributed by atoms with E-state index >= 15 is 0 Å². The van der Waals surface area contributed by atoms with E-state index in [0.29, 0.717) is 24.7 Å². The van der Waals surface area contributed by atoms with E-state index < -0.39 is 22.4 Å². The smallest absolute Gasteiger partial charge is 0.303 e. The van der Waals surface area contributed by atoms with Crippen molar-refractivity contribution in [1.82, 2.24) is 0 Å². The van der Waals surface area contributed by atoms with Gasteiger partial charge in [0.15, 0.2) is 5.78 Å². The van der Waals surface area contributed by atoms with Gasteiger partial charge in [0, 0.05) is 18.3 Å². The number of hydrogen-bond acceptors (Lipinski definition) is 4. The predicted octanol–water partition coefficient (Wildman–Crippen LogP) is 3.97. The molecule has 4 aliphatic rings. The third-order valence-corrected chi connectivity index (χ3v) is 10.4. The van der Waals surface area contributed by atoms with Crippen LogP contribution in [-0.2, 0) is 9.59 Å². The Labute approximate surface area is 179 Å². The Hall–Kier alpha value is -1.20. The first-order valence-corrected chi connectivity index (χ1v) is 11.7. The van der Waals surface area contributed by atoms with Crippen molar-refractivity contribution in [2.24, 2.45) is 39.9 Å². The van der Waals surface area contributed by atoms with E-state index in [2.05, 4.69) is 13.8 Å². The molecule has 0 bridgehead atoms. The summed E-state index contributed by atoms with van der Waals surface area (Å²) in [6.07, 6.45) is 7.14. The van der Waals surface area contributed by atoms with E-state index in [1.54, 1.807) is 6.08 Å². The SMILES string of the molecule is CC1C[C@@H]2[C@@H](CC[C@@]3(C)[C@H]2CCC3(C)O)[C@]2(CO)C1=CC(=O)CC2(C)CCC(=O)O. The molecule has 3 unspecified atom stereocenters. The van der Waals surface area contributed by atoms with Crippen LogP contribution in [0.1, 0.15) is 79.1 Å². The molecular weight excluding hydrogens is 380 g/mol. The number of aliphatic carboxylic acids is 1. The zero-order chi connectivity index (χ0) is 22.1. The van der Waals surface area contributed by atoms with Gasteiger partial charge in [0.25, 0.3) is 0 Å². The van der Waals surface area contributed by atoms with E-state index in [1.807, 2.05) is 13.8 Å². The molecule has 0 aromatic carbocycles. The summed E-state index contributed by atoms with van der Waals surface area (Å²) in [6, 6.07) is 0. The molecule has 4 rings (SSSR count). The van der Waals surface area contributed by atoms with Gasteiger partial charge in [-0.15, -0.1) is 0 Å². The van der Waals surface area contributed by atoms with Crippen LogP contribution in [0.4, 0.5) is 0 Å². The van der Waals surface area contributed by atoms with Gasteiger partial charge >= 0.3 is 5.97 Å². The molecule has 0 heterocycles. The zero-order valence-electron chi connectivity index (χ0n) is 18.9. The average Bonchev–Trinajstić information content (AvgIpc) is 2.90. The van der Waals surface area contributed by atoms with E-state index in [-0.39, 0.29) is 36.1 Å². The van der Waals surface area contributed by atoms with Crippen molar-refractivity contribution in [1.29, 1.82) is 0 Å². The summed E-state index contributed by atoms with van der Waals surface area (Å²) in [4.78, 5) is 24.2. The van der Waals surface area contributed by atoms with E-state index in [9.17, 15) is 24.9 Å². The van der Waals surface area contributed by atoms with Crippen LogP contribution in [0.5, 0.6) is 0 Å². The molecule has 3 saturated carbocycles. The molecule has 30 heavy (non-hydrogen) atoms. The number of aliphatic hydroxyl groups is 2. The second-order valence-electron chi connectivity index (χ2n) is 11.6. The van der Waals surface area contributed by atoms with Crippen LogP contribution < -0.4 is 0 Å². The number of rotatable bonds is 4. The molecular formula is C25H38O5. The molecule has 0 saturated heterocycles. The van der Waals surface area contributed by atoms with E-state index in [4.69, 9.17) is 0 Å². The molecule has 3 fully saturated rings. The fraction of sp³-hybridized carbons (Fsp3) is 0.840. The van der Waals surface area contributed by atoms with Crippen LogP contribution in [0.2, 0.25) is 0 Å². The second kappa shape index (κ2) is 6.90. The number of carbonyl (C=O) groups excluding carboxylic acids is 1. The van der Waals surface area contributed by atoms with E-state index in [0.717, 1.165) is 37.7 Å². The number of hydrogen-bond donors (Lipinski definition) is 3. The lowest BCUT2D eigenvalue weighted by atomic mass is 9.39. The van der Waals surface area contributed by atoms with Gasteiger partial charge in [0.05, 0.1) is 12.2 Å². The fourth-order valence-corrected chi connectivity index (χ4v) is 8.59. The molecule has 5 heteroatoms. The van der Waals surface area contributed by atoms with Crippen LogP contribution in [0.3, 0.4) is 0 Å². The Bertz CT molecular complexity index is 784. The first kappa shape index (κ1) is 22.0. The lowest BCUT2D eigenvalue weighted by Crippen LogP contribution is -2.62. The highest BCUT2D eigenvalue weighted by Gasteiger charge is 2.67. The summed E-state index contributed by atoms with van der Waals surface area (Å²) in [7, 11) is 0. The third-order valence-electron chi connectivity index (χ3n) is 10.4. The maximum absolute atomic E-state index is 12.7. The summed E-state index contributed by atoms with van der Waals surface area (Å²) in [5.74, 6) is 0.408. The first-order valence-electron chi connectivity index (χ1n) is 11.7. The Balaban J connectivity index is 1.82. The molecule has 3 N–H and O–H groups in total. The molecule has 0 spiro atoms. The molecule has 0 aromatic rings. The fourth-order valence-electron chi connectivity index (χ4n) is 8.59. The molecule has 168 valence electrons. The normalized spacial score (nSPS) is 50.3. The summed E-state index contributed by atoms with van der Waals surface area (Å²) in [5.41, 5.74) is -0.830. The minimum Gasteiger partial charge on any atom is -0.481 e. The Morgan fingerprint density at radius 2 is 1.83 bits per heavy atom. The summed E-state index contributed by atoms with van der Waals surface area (Å²) < 4.78 is 0. The monoisotopic (exact) mass is 418 g/mol. The highest BCUT2D eigenvalue weighted by molar-refractivity contribution is 5.92. The summed E-state index contributed by atoms with van der Waals surface area (Å²) >= 11 is 0. The van der Waals surface area contributed by atoms with Gasteiger partial charge in [0.1, 0.15) is 0 Å². The third kappa shape index (κ3) is 2.73. The maximum Gasteiger partial charge on any atom is 0.303 e. The maximum atomic E-state index is 12.7. The highest BCUT2D eigenvalue weighted by atomic mass is 16.4. The lowest BCUT2D eigenvalue weighted by molar-refractivity contribution is -0.166. The minimum atomic E-state index is -0.851. The quantitative estimate of drug-likeness (QED) is 0.642. The number of carbonyl (C=O) groups is 2. The average molecular weight is 419 g/mol. The van der Waals surface area contributed by atoms with Crippen molar-refractivity contribution in [2.45, 2.75) is 84.7 Å². The predicted molar refractivity (Wildman–Crippen MR) is 114 cm³/mol. The standard InChI is InChI=1S/C25H38O5/c1-15-11-17-18-6-10-24(4,30)23(18,3)9-5-19(17)25(14-26)20(15)12-16(27)13-22(25,2)8-7-21(28)29/h12,15,17-19,26,30H,5-11,13-14H2,1-4H3,(H,28,29)/t15?,17-,18-,19+,22?,23-,24?,25+/m0/s1. The lowest BCUT2D eigenvalue weighted by Gasteiger charge is -2.65. The summed E-state index contributed by atoms with van der Waals surface area (Å²) in [5, 5.41) is 31.5. The number of aliphatic hydroxyl groups excluding tert-OH is 1. The second-order valence-corrected chi connectivity index (χ2v) is 11.6. The van der Waals surface area contributed by atoms with Crippen molar-refractivity contribution < 1.29 is 24.9 Å². The Kier molecular flexibility index (Phi) is 5.06. The van der Waals surface area contributed by atoms with Crippen LogP contribution in [-0.4, -0.2) is 39.3 Å². The van der Waals surface area contributed by atoms with Gasteiger partial charge in [-0.25, -0.2) is 0 Å². The molecule has 0 amide bonds. The van der Waals surface area contributed by atoms with E-state index in [1.165, 1.54) is 0 Å². The van der Waals surface area contributed by atoms with Crippen molar-refractivity contribution in [3.63, 3.8) is 0 Å². The van der Waals surface area contributed by atoms with Gasteiger partial charge in [-0.3, -0.25) is 9.59 Å². The van der Waals surface area contributed by atoms with Gasteiger partial charge < -0.3 is 15.3 Å². The molecule has 0 aliphatic heterocycles. The van der Waals surface area contributed by atoms with Gasteiger partial charge in [0.2, 0.25) is 0 Å². The van der Waals surface area contributed by atoms with Gasteiger partial charge in [-0.2, -0.15) is 0 Å². The number of carboxylic acids is 1. The topological polar surface area (TPSA) is 94.8 Å². The Morgan fingerprint density at radius 1 is 1.17 bits per heavy atom. The molecule has 4 aliphatic carbocycles. The molecule has 0 aromatic heterocycles. The molecule has 5 nitrogen and oxygen atoms in total. The van der Waals surface area contributed by atoms with Crippen LogP contribution in [0.25, 0.3) is 0 Å². The number of fused-ring (bicyclic) bond motifs is 5. The number of carboxylic acid groups (broad SMARTS) is 1. The minimum absolute atomic E-state index is 0.0143. The molecule has 8 atom stereocenters. The van der Waals surface area contributed by atoms with Gasteiger partial charge in [-0.05, 0) is 86.0 Å². The summed E-state index contributed by atoms with van der Waals surface area (Å²) in [6.45, 7) is 8.42. The Morgan fingerprint density at radius 3 is 2.47 bits per heavy atom. The number of ketones is 1. The van der Waals surface area contributed by atoms with Crippen molar-refractivity contribution in [3.05, 3.63) is 11.6 Å². The molecule has 0 radical (unpaired) electrons. The van der Waals surface area contributed by atoms with Crippen molar-refractivity contribution in [2.75, 3.05) is 6.61 Å². The van der Waals surface area contributed by atoms with Gasteiger partial charge in [-0.1, -0.05) is 26.3 Å². The highest BCUT2D eigenvalue weighted by Crippen LogP contribution is 2.71. The van der Waals surface area contributed by atoms with Crippen molar-refractivity contribution in [3.8, 4) is 0 Å². The van der Waals surface area contributed by atoms with Crippen LogP contribution in [0.15, 0.2) is 11.6 Å². The van der Waals surface area contributed by atoms with Crippen LogP contribution in [0, 0.1) is 39.9 Å². The van der Waals surface area contributed by atoms with Crippen LogP contribution >= 0.6 is 0 Å². The van der Waals surface area contributed by atoms with Crippen molar-refractivity contribution >= 4 is 11.8 Å². The zero-order valence-corrected chi connectivity index (χ0v) is 18.9.